The molecule has 1 aliphatic heterocycles. The molecular weight excluding hydrogens is 242 g/mol. The molecule has 5 heteroatoms. The van der Waals surface area contributed by atoms with E-state index in [9.17, 15) is 9.59 Å². The second-order valence-corrected chi connectivity index (χ2v) is 5.68. The summed E-state index contributed by atoms with van der Waals surface area (Å²) in [6.45, 7) is 6.35. The first-order chi connectivity index (χ1) is 8.80. The molecule has 0 aliphatic carbocycles. The number of amides is 3. The summed E-state index contributed by atoms with van der Waals surface area (Å²) in [7, 11) is 0. The van der Waals surface area contributed by atoms with Crippen molar-refractivity contribution in [2.75, 3.05) is 17.2 Å². The Hall–Kier alpha value is -2.04. The Balaban J connectivity index is 2.34. The van der Waals surface area contributed by atoms with Gasteiger partial charge in [-0.1, -0.05) is 0 Å². The number of nitrogens with zero attached hydrogens (tertiary/aromatic N) is 2. The lowest BCUT2D eigenvalue weighted by Gasteiger charge is -2.42. The first kappa shape index (κ1) is 13.4. The van der Waals surface area contributed by atoms with Crippen LogP contribution in [0.2, 0.25) is 0 Å². The van der Waals surface area contributed by atoms with Crippen LogP contribution in [0.4, 0.5) is 16.2 Å². The van der Waals surface area contributed by atoms with E-state index in [0.717, 1.165) is 0 Å². The van der Waals surface area contributed by atoms with Gasteiger partial charge >= 0.3 is 6.03 Å². The molecule has 1 fully saturated rings. The van der Waals surface area contributed by atoms with E-state index in [4.69, 9.17) is 5.73 Å². The maximum absolute atomic E-state index is 12.5. The van der Waals surface area contributed by atoms with Crippen LogP contribution < -0.4 is 10.6 Å². The number of anilines is 2. The van der Waals surface area contributed by atoms with Crippen molar-refractivity contribution in [2.45, 2.75) is 32.7 Å². The van der Waals surface area contributed by atoms with Crippen LogP contribution >= 0.6 is 0 Å². The molecule has 0 atom stereocenters. The SMILES string of the molecule is CC(C)(C)N1CCC(=O)N(c2ccc(N)cc2)C1=O. The lowest BCUT2D eigenvalue weighted by atomic mass is 10.0. The van der Waals surface area contributed by atoms with E-state index in [1.165, 1.54) is 4.90 Å². The summed E-state index contributed by atoms with van der Waals surface area (Å²) in [5.74, 6) is -0.171. The first-order valence-electron chi connectivity index (χ1n) is 6.31. The van der Waals surface area contributed by atoms with Gasteiger partial charge in [0.15, 0.2) is 0 Å². The number of rotatable bonds is 1. The molecule has 5 nitrogen and oxygen atoms in total. The summed E-state index contributed by atoms with van der Waals surface area (Å²) >= 11 is 0. The predicted molar refractivity (Wildman–Crippen MR) is 74.8 cm³/mol. The number of nitrogens with two attached hydrogens (primary N) is 1. The molecule has 3 amide bonds. The van der Waals surface area contributed by atoms with Crippen molar-refractivity contribution < 1.29 is 9.59 Å². The van der Waals surface area contributed by atoms with E-state index < -0.39 is 0 Å². The first-order valence-corrected chi connectivity index (χ1v) is 6.31. The lowest BCUT2D eigenvalue weighted by Crippen LogP contribution is -2.58. The fourth-order valence-electron chi connectivity index (χ4n) is 2.14. The number of hydrogen-bond acceptors (Lipinski definition) is 3. The van der Waals surface area contributed by atoms with Crippen LogP contribution in [0.3, 0.4) is 0 Å². The number of carbonyl (C=O) groups is 2. The molecule has 1 aliphatic rings. The molecule has 0 radical (unpaired) electrons. The van der Waals surface area contributed by atoms with Crippen molar-refractivity contribution in [3.8, 4) is 0 Å². The third-order valence-corrected chi connectivity index (χ3v) is 3.18. The Morgan fingerprint density at radius 1 is 1.11 bits per heavy atom. The maximum Gasteiger partial charge on any atom is 0.331 e. The summed E-state index contributed by atoms with van der Waals surface area (Å²) in [6, 6.07) is 6.49. The van der Waals surface area contributed by atoms with Crippen molar-refractivity contribution in [3.63, 3.8) is 0 Å². The minimum absolute atomic E-state index is 0.171. The molecule has 19 heavy (non-hydrogen) atoms. The predicted octanol–water partition coefficient (Wildman–Crippen LogP) is 2.23. The van der Waals surface area contributed by atoms with E-state index >= 15 is 0 Å². The van der Waals surface area contributed by atoms with E-state index in [1.807, 2.05) is 20.8 Å². The molecule has 0 unspecified atom stereocenters. The fraction of sp³-hybridized carbons (Fsp3) is 0.429. The average molecular weight is 261 g/mol. The van der Waals surface area contributed by atoms with E-state index in [-0.39, 0.29) is 17.5 Å². The number of imide groups is 1. The van der Waals surface area contributed by atoms with Crippen LogP contribution in [0.15, 0.2) is 24.3 Å². The number of benzene rings is 1. The molecule has 2 N–H and O–H groups in total. The Labute approximate surface area is 113 Å². The van der Waals surface area contributed by atoms with Gasteiger partial charge in [0.25, 0.3) is 0 Å². The third kappa shape index (κ3) is 2.54. The third-order valence-electron chi connectivity index (χ3n) is 3.18. The standard InChI is InChI=1S/C14H19N3O2/c1-14(2,3)16-9-8-12(18)17(13(16)19)11-6-4-10(15)5-7-11/h4-7H,8-9,15H2,1-3H3. The minimum Gasteiger partial charge on any atom is -0.399 e. The molecule has 0 saturated carbocycles. The fourth-order valence-corrected chi connectivity index (χ4v) is 2.14. The normalized spacial score (nSPS) is 17.0. The number of carbonyl (C=O) groups excluding carboxylic acids is 2. The van der Waals surface area contributed by atoms with Crippen LogP contribution in [0.25, 0.3) is 0 Å². The highest BCUT2D eigenvalue weighted by atomic mass is 16.2. The Morgan fingerprint density at radius 3 is 2.21 bits per heavy atom. The van der Waals surface area contributed by atoms with Crippen LogP contribution in [0.1, 0.15) is 27.2 Å². The molecule has 0 bridgehead atoms. The van der Waals surface area contributed by atoms with Crippen LogP contribution in [0.5, 0.6) is 0 Å². The monoisotopic (exact) mass is 261 g/mol. The molecule has 1 heterocycles. The summed E-state index contributed by atoms with van der Waals surface area (Å²) < 4.78 is 0. The maximum atomic E-state index is 12.5. The van der Waals surface area contributed by atoms with Gasteiger partial charge in [-0.2, -0.15) is 0 Å². The number of nitrogen functional groups attached to an aromatic ring is 1. The van der Waals surface area contributed by atoms with Crippen molar-refractivity contribution in [3.05, 3.63) is 24.3 Å². The molecule has 0 aromatic heterocycles. The van der Waals surface area contributed by atoms with Crippen molar-refractivity contribution in [1.29, 1.82) is 0 Å². The van der Waals surface area contributed by atoms with Crippen LogP contribution in [0, 0.1) is 0 Å². The van der Waals surface area contributed by atoms with E-state index in [2.05, 4.69) is 0 Å². The smallest absolute Gasteiger partial charge is 0.331 e. The van der Waals surface area contributed by atoms with E-state index in [1.54, 1.807) is 29.2 Å². The van der Waals surface area contributed by atoms with Gasteiger partial charge in [-0.3, -0.25) is 4.79 Å². The molecule has 1 aromatic rings. The molecule has 1 saturated heterocycles. The van der Waals surface area contributed by atoms with Gasteiger partial charge in [-0.15, -0.1) is 0 Å². The van der Waals surface area contributed by atoms with Crippen LogP contribution in [-0.4, -0.2) is 28.9 Å². The Kier molecular flexibility index (Phi) is 3.22. The average Bonchev–Trinajstić information content (AvgIpc) is 2.29. The topological polar surface area (TPSA) is 66.6 Å². The van der Waals surface area contributed by atoms with Gasteiger partial charge in [0, 0.05) is 24.2 Å². The summed E-state index contributed by atoms with van der Waals surface area (Å²) in [5.41, 5.74) is 6.49. The Morgan fingerprint density at radius 2 is 1.68 bits per heavy atom. The highest BCUT2D eigenvalue weighted by molar-refractivity contribution is 6.15. The summed E-state index contributed by atoms with van der Waals surface area (Å²) in [5, 5.41) is 0. The van der Waals surface area contributed by atoms with Gasteiger partial charge in [0.2, 0.25) is 5.91 Å². The summed E-state index contributed by atoms with van der Waals surface area (Å²) in [6.07, 6.45) is 0.341. The zero-order chi connectivity index (χ0) is 14.2. The van der Waals surface area contributed by atoms with Crippen molar-refractivity contribution >= 4 is 23.3 Å². The number of urea groups is 1. The van der Waals surface area contributed by atoms with Crippen molar-refractivity contribution in [1.82, 2.24) is 4.90 Å². The quantitative estimate of drug-likeness (QED) is 0.788. The molecule has 2 rings (SSSR count). The van der Waals surface area contributed by atoms with Gasteiger partial charge in [0.05, 0.1) is 5.69 Å². The highest BCUT2D eigenvalue weighted by Crippen LogP contribution is 2.26. The van der Waals surface area contributed by atoms with Gasteiger partial charge in [-0.25, -0.2) is 9.69 Å². The van der Waals surface area contributed by atoms with E-state index in [0.29, 0.717) is 24.3 Å². The zero-order valence-corrected chi connectivity index (χ0v) is 11.5. The van der Waals surface area contributed by atoms with Gasteiger partial charge < -0.3 is 10.6 Å². The van der Waals surface area contributed by atoms with Crippen LogP contribution in [-0.2, 0) is 4.79 Å². The zero-order valence-electron chi connectivity index (χ0n) is 11.5. The second kappa shape index (κ2) is 4.57. The minimum atomic E-state index is -0.302. The molecule has 102 valence electrons. The molecule has 0 spiro atoms. The van der Waals surface area contributed by atoms with Gasteiger partial charge in [-0.05, 0) is 45.0 Å². The second-order valence-electron chi connectivity index (χ2n) is 5.68. The molecule has 1 aromatic carbocycles. The largest absolute Gasteiger partial charge is 0.399 e. The lowest BCUT2D eigenvalue weighted by molar-refractivity contribution is -0.119. The number of hydrogen-bond donors (Lipinski definition) is 1. The molecular formula is C14H19N3O2. The summed E-state index contributed by atoms with van der Waals surface area (Å²) in [4.78, 5) is 27.4. The van der Waals surface area contributed by atoms with Gasteiger partial charge in [0.1, 0.15) is 0 Å². The van der Waals surface area contributed by atoms with Crippen molar-refractivity contribution in [2.24, 2.45) is 0 Å². The Bertz CT molecular complexity index is 502. The highest BCUT2D eigenvalue weighted by Gasteiger charge is 2.38.